The van der Waals surface area contributed by atoms with Crippen molar-refractivity contribution in [2.75, 3.05) is 7.11 Å². The molecule has 72 valence electrons. The smallest absolute Gasteiger partial charge is 0.331 e. The van der Waals surface area contributed by atoms with E-state index < -0.39 is 10.3 Å². The van der Waals surface area contributed by atoms with Crippen molar-refractivity contribution in [3.8, 4) is 0 Å². The predicted molar refractivity (Wildman–Crippen MR) is 49.5 cm³/mol. The zero-order valence-electron chi connectivity index (χ0n) is 7.63. The second-order valence-electron chi connectivity index (χ2n) is 2.77. The van der Waals surface area contributed by atoms with E-state index in [1.807, 2.05) is 0 Å². The maximum Gasteiger partial charge on any atom is 0.331 e. The number of hydrogen-bond donors (Lipinski definition) is 0. The number of aryl methyl sites for hydroxylation is 1. The van der Waals surface area contributed by atoms with E-state index in [9.17, 15) is 4.79 Å². The lowest BCUT2D eigenvalue weighted by Gasteiger charge is -2.14. The summed E-state index contributed by atoms with van der Waals surface area (Å²) in [4.78, 5) is 15.2. The Morgan fingerprint density at radius 2 is 2.38 bits per heavy atom. The maximum absolute atomic E-state index is 11.3. The first-order valence-electron chi connectivity index (χ1n) is 3.68. The Balaban J connectivity index is 2.99. The highest BCUT2D eigenvalue weighted by Crippen LogP contribution is 2.31. The van der Waals surface area contributed by atoms with Gasteiger partial charge in [-0.1, -0.05) is 15.9 Å². The van der Waals surface area contributed by atoms with Gasteiger partial charge in [0.25, 0.3) is 0 Å². The van der Waals surface area contributed by atoms with Crippen molar-refractivity contribution in [3.63, 3.8) is 0 Å². The molecule has 0 N–H and O–H groups in total. The molecule has 0 spiro atoms. The average molecular weight is 248 g/mol. The van der Waals surface area contributed by atoms with E-state index >= 15 is 0 Å². The van der Waals surface area contributed by atoms with E-state index in [1.165, 1.54) is 7.11 Å². The van der Waals surface area contributed by atoms with Gasteiger partial charge >= 0.3 is 5.97 Å². The zero-order valence-corrected chi connectivity index (χ0v) is 9.21. The summed E-state index contributed by atoms with van der Waals surface area (Å²) in [5.74, 6) is 0.524. The first kappa shape index (κ1) is 10.2. The van der Waals surface area contributed by atoms with Crippen LogP contribution in [0.5, 0.6) is 0 Å². The van der Waals surface area contributed by atoms with Gasteiger partial charge in [0, 0.05) is 0 Å². The molecule has 1 aromatic heterocycles. The largest absolute Gasteiger partial charge is 0.468 e. The minimum atomic E-state index is -1.00. The standard InChI is InChI=1S/C8H10BrNO3/c1-5-4-10-6(13-5)8(2,9)7(11)12-3/h4H,1-3H3/t8-/m0/s1. The number of carbonyl (C=O) groups is 1. The Labute approximate surface area is 84.4 Å². The van der Waals surface area contributed by atoms with Crippen LogP contribution in [0.15, 0.2) is 10.6 Å². The van der Waals surface area contributed by atoms with E-state index in [0.29, 0.717) is 11.7 Å². The first-order valence-corrected chi connectivity index (χ1v) is 4.48. The quantitative estimate of drug-likeness (QED) is 0.591. The number of hydrogen-bond acceptors (Lipinski definition) is 4. The third-order valence-corrected chi connectivity index (χ3v) is 2.25. The highest BCUT2D eigenvalue weighted by Gasteiger charge is 2.38. The fourth-order valence-electron chi connectivity index (χ4n) is 0.851. The van der Waals surface area contributed by atoms with Gasteiger partial charge in [0.05, 0.1) is 13.3 Å². The maximum atomic E-state index is 11.3. The zero-order chi connectivity index (χ0) is 10.1. The lowest BCUT2D eigenvalue weighted by molar-refractivity contribution is -0.143. The van der Waals surface area contributed by atoms with Crippen LogP contribution in [0.1, 0.15) is 18.6 Å². The highest BCUT2D eigenvalue weighted by atomic mass is 79.9. The van der Waals surface area contributed by atoms with Gasteiger partial charge in [-0.15, -0.1) is 0 Å². The summed E-state index contributed by atoms with van der Waals surface area (Å²) in [6.45, 7) is 3.39. The SMILES string of the molecule is COC(=O)[C@@](C)(Br)c1ncc(C)o1. The molecule has 0 fully saturated rings. The van der Waals surface area contributed by atoms with Crippen molar-refractivity contribution >= 4 is 21.9 Å². The van der Waals surface area contributed by atoms with Gasteiger partial charge in [-0.05, 0) is 13.8 Å². The summed E-state index contributed by atoms with van der Waals surface area (Å²) in [6, 6.07) is 0. The normalized spacial score (nSPS) is 15.1. The molecule has 0 aliphatic rings. The molecule has 0 aromatic carbocycles. The van der Waals surface area contributed by atoms with Crippen LogP contribution >= 0.6 is 15.9 Å². The van der Waals surface area contributed by atoms with Crippen LogP contribution in [0.3, 0.4) is 0 Å². The molecule has 0 aliphatic heterocycles. The molecule has 0 amide bonds. The molecule has 1 heterocycles. The summed E-state index contributed by atoms with van der Waals surface area (Å²) < 4.78 is 8.80. The monoisotopic (exact) mass is 247 g/mol. The highest BCUT2D eigenvalue weighted by molar-refractivity contribution is 9.10. The van der Waals surface area contributed by atoms with Crippen molar-refractivity contribution in [2.45, 2.75) is 18.2 Å². The number of ether oxygens (including phenoxy) is 1. The summed E-state index contributed by atoms with van der Waals surface area (Å²) >= 11 is 3.20. The molecular formula is C8H10BrNO3. The number of aromatic nitrogens is 1. The molecule has 13 heavy (non-hydrogen) atoms. The molecule has 1 aromatic rings. The van der Waals surface area contributed by atoms with Crippen LogP contribution in [-0.2, 0) is 13.9 Å². The molecule has 1 rings (SSSR count). The molecule has 5 heteroatoms. The van der Waals surface area contributed by atoms with Crippen LogP contribution < -0.4 is 0 Å². The van der Waals surface area contributed by atoms with E-state index in [4.69, 9.17) is 4.42 Å². The lowest BCUT2D eigenvalue weighted by Crippen LogP contribution is -2.27. The number of methoxy groups -OCH3 is 1. The van der Waals surface area contributed by atoms with Gasteiger partial charge in [-0.25, -0.2) is 9.78 Å². The van der Waals surface area contributed by atoms with Crippen molar-refractivity contribution in [1.29, 1.82) is 0 Å². The van der Waals surface area contributed by atoms with Crippen LogP contribution in [0, 0.1) is 6.92 Å². The predicted octanol–water partition coefficient (Wildman–Crippen LogP) is 1.77. The summed E-state index contributed by atoms with van der Waals surface area (Å²) in [7, 11) is 1.32. The van der Waals surface area contributed by atoms with Gasteiger partial charge in [-0.3, -0.25) is 0 Å². The van der Waals surface area contributed by atoms with Crippen molar-refractivity contribution in [2.24, 2.45) is 0 Å². The fraction of sp³-hybridized carbons (Fsp3) is 0.500. The number of nitrogens with zero attached hydrogens (tertiary/aromatic N) is 1. The topological polar surface area (TPSA) is 52.3 Å². The van der Waals surface area contributed by atoms with Crippen molar-refractivity contribution in [3.05, 3.63) is 17.8 Å². The van der Waals surface area contributed by atoms with Gasteiger partial charge in [0.1, 0.15) is 5.76 Å². The first-order chi connectivity index (χ1) is 5.98. The minimum Gasteiger partial charge on any atom is -0.468 e. The van der Waals surface area contributed by atoms with Crippen LogP contribution in [0.2, 0.25) is 0 Å². The average Bonchev–Trinajstić information content (AvgIpc) is 2.50. The van der Waals surface area contributed by atoms with Gasteiger partial charge in [0.15, 0.2) is 4.32 Å². The molecule has 0 bridgehead atoms. The number of halogens is 1. The molecule has 1 atom stereocenters. The van der Waals surface area contributed by atoms with Gasteiger partial charge in [0.2, 0.25) is 5.89 Å². The fourth-order valence-corrected chi connectivity index (χ4v) is 1.20. The van der Waals surface area contributed by atoms with E-state index in [-0.39, 0.29) is 0 Å². The molecule has 0 aliphatic carbocycles. The third kappa shape index (κ3) is 1.91. The minimum absolute atomic E-state index is 0.303. The van der Waals surface area contributed by atoms with E-state index in [0.717, 1.165) is 0 Å². The number of carbonyl (C=O) groups excluding carboxylic acids is 1. The van der Waals surface area contributed by atoms with Gasteiger partial charge in [-0.2, -0.15) is 0 Å². The summed E-state index contributed by atoms with van der Waals surface area (Å²) in [5.41, 5.74) is 0. The Kier molecular flexibility index (Phi) is 2.75. The molecular weight excluding hydrogens is 238 g/mol. The van der Waals surface area contributed by atoms with Crippen LogP contribution in [0.4, 0.5) is 0 Å². The second kappa shape index (κ2) is 3.49. The Morgan fingerprint density at radius 1 is 1.77 bits per heavy atom. The molecule has 0 unspecified atom stereocenters. The van der Waals surface area contributed by atoms with E-state index in [2.05, 4.69) is 25.7 Å². The second-order valence-corrected chi connectivity index (χ2v) is 4.36. The summed E-state index contributed by atoms with van der Waals surface area (Å²) in [5, 5.41) is 0. The lowest BCUT2D eigenvalue weighted by atomic mass is 10.2. The van der Waals surface area contributed by atoms with E-state index in [1.54, 1.807) is 20.0 Å². The van der Waals surface area contributed by atoms with Crippen LogP contribution in [-0.4, -0.2) is 18.1 Å². The molecule has 0 saturated heterocycles. The third-order valence-electron chi connectivity index (χ3n) is 1.59. The molecule has 0 saturated carbocycles. The van der Waals surface area contributed by atoms with Crippen LogP contribution in [0.25, 0.3) is 0 Å². The Morgan fingerprint density at radius 3 is 2.77 bits per heavy atom. The molecule has 4 nitrogen and oxygen atoms in total. The molecule has 0 radical (unpaired) electrons. The number of esters is 1. The Hall–Kier alpha value is -0.840. The number of alkyl halides is 1. The van der Waals surface area contributed by atoms with Crippen molar-refractivity contribution in [1.82, 2.24) is 4.98 Å². The number of rotatable bonds is 2. The van der Waals surface area contributed by atoms with Gasteiger partial charge < -0.3 is 9.15 Å². The Bertz CT molecular complexity index is 319. The van der Waals surface area contributed by atoms with Crippen molar-refractivity contribution < 1.29 is 13.9 Å². The number of oxazole rings is 1. The summed E-state index contributed by atoms with van der Waals surface area (Å²) in [6.07, 6.45) is 1.55.